The molecular weight excluding hydrogens is 468 g/mol. The summed E-state index contributed by atoms with van der Waals surface area (Å²) in [7, 11) is 1.82. The lowest BCUT2D eigenvalue weighted by Crippen LogP contribution is -2.51. The minimum atomic E-state index is -0.395. The van der Waals surface area contributed by atoms with E-state index >= 15 is 0 Å². The smallest absolute Gasteiger partial charge is 0.259 e. The quantitative estimate of drug-likeness (QED) is 0.640. The number of carbonyl (C=O) groups excluding carboxylic acids is 2. The number of ether oxygens (including phenoxy) is 1. The van der Waals surface area contributed by atoms with E-state index in [2.05, 4.69) is 11.1 Å². The lowest BCUT2D eigenvalue weighted by atomic mass is 9.88. The Kier molecular flexibility index (Phi) is 8.45. The molecule has 8 heteroatoms. The van der Waals surface area contributed by atoms with Crippen LogP contribution in [0.1, 0.15) is 61.9 Å². The monoisotopic (exact) mass is 504 g/mol. The number of carbonyl (C=O) groups is 2. The molecule has 1 aromatic carbocycles. The number of aliphatic hydroxyl groups is 1. The topological polar surface area (TPSA) is 107 Å². The maximum atomic E-state index is 13.7. The number of likely N-dealkylation sites (N-methyl/N-ethyl adjacent to an activating group) is 1. The molecule has 0 bridgehead atoms. The van der Waals surface area contributed by atoms with Crippen molar-refractivity contribution in [3.63, 3.8) is 0 Å². The second-order valence-corrected chi connectivity index (χ2v) is 10.4. The summed E-state index contributed by atoms with van der Waals surface area (Å²) in [6.07, 6.45) is 6.50. The van der Waals surface area contributed by atoms with E-state index in [4.69, 9.17) is 4.74 Å². The van der Waals surface area contributed by atoms with Crippen LogP contribution in [0, 0.1) is 23.2 Å². The van der Waals surface area contributed by atoms with E-state index in [-0.39, 0.29) is 42.2 Å². The molecule has 8 nitrogen and oxygen atoms in total. The number of rotatable bonds is 6. The molecule has 196 valence electrons. The van der Waals surface area contributed by atoms with Gasteiger partial charge in [0.1, 0.15) is 11.7 Å². The van der Waals surface area contributed by atoms with Crippen LogP contribution in [0.2, 0.25) is 0 Å². The maximum absolute atomic E-state index is 13.7. The number of hydrogen-bond acceptors (Lipinski definition) is 6. The summed E-state index contributed by atoms with van der Waals surface area (Å²) < 4.78 is 6.36. The fourth-order valence-electron chi connectivity index (χ4n) is 5.27. The summed E-state index contributed by atoms with van der Waals surface area (Å²) >= 11 is 0. The lowest BCUT2D eigenvalue weighted by Gasteiger charge is -2.38. The average molecular weight is 505 g/mol. The van der Waals surface area contributed by atoms with E-state index in [1.165, 1.54) is 6.42 Å². The number of aliphatic hydroxyl groups excluding tert-OH is 1. The summed E-state index contributed by atoms with van der Waals surface area (Å²) in [6.45, 7) is 4.41. The number of nitriles is 1. The van der Waals surface area contributed by atoms with E-state index in [0.29, 0.717) is 29.8 Å². The number of nitrogens with zero attached hydrogens (tertiary/aromatic N) is 4. The van der Waals surface area contributed by atoms with Gasteiger partial charge in [-0.25, -0.2) is 4.98 Å². The predicted molar refractivity (Wildman–Crippen MR) is 140 cm³/mol. The largest absolute Gasteiger partial charge is 0.472 e. The highest BCUT2D eigenvalue weighted by Crippen LogP contribution is 2.31. The molecule has 1 aliphatic carbocycles. The fraction of sp³-hybridized carbons (Fsp3) is 0.517. The van der Waals surface area contributed by atoms with Crippen molar-refractivity contribution in [3.8, 4) is 23.1 Å². The molecule has 2 aromatic rings. The first-order chi connectivity index (χ1) is 17.8. The van der Waals surface area contributed by atoms with Gasteiger partial charge < -0.3 is 19.6 Å². The molecular formula is C29H36N4O4. The fourth-order valence-corrected chi connectivity index (χ4v) is 5.27. The van der Waals surface area contributed by atoms with Crippen LogP contribution < -0.4 is 4.74 Å². The Hall–Kier alpha value is -3.44. The molecule has 1 aromatic heterocycles. The maximum Gasteiger partial charge on any atom is 0.259 e. The molecule has 4 rings (SSSR count). The summed E-state index contributed by atoms with van der Waals surface area (Å²) in [6, 6.07) is 10.6. The van der Waals surface area contributed by atoms with Gasteiger partial charge in [-0.2, -0.15) is 5.26 Å². The van der Waals surface area contributed by atoms with Gasteiger partial charge in [0.05, 0.1) is 30.8 Å². The van der Waals surface area contributed by atoms with E-state index in [1.807, 2.05) is 27.0 Å². The van der Waals surface area contributed by atoms with E-state index in [0.717, 1.165) is 31.2 Å². The lowest BCUT2D eigenvalue weighted by molar-refractivity contribution is -0.136. The van der Waals surface area contributed by atoms with Crippen molar-refractivity contribution in [1.82, 2.24) is 14.8 Å². The SMILES string of the molecule is C[C@@H]1CN([C@@H](C)CO)C(=O)c2cc(-c3cccc(C#N)c3)cnc2O[C@@H]1CN(C)C(=O)C1CCCCC1. The highest BCUT2D eigenvalue weighted by atomic mass is 16.5. The normalized spacial score (nSPS) is 21.2. The number of hydrogen-bond donors (Lipinski definition) is 1. The minimum Gasteiger partial charge on any atom is -0.472 e. The highest BCUT2D eigenvalue weighted by Gasteiger charge is 2.35. The van der Waals surface area contributed by atoms with Gasteiger partial charge in [0.25, 0.3) is 5.91 Å². The van der Waals surface area contributed by atoms with Crippen LogP contribution in [0.5, 0.6) is 5.88 Å². The molecule has 1 N–H and O–H groups in total. The summed E-state index contributed by atoms with van der Waals surface area (Å²) in [5, 5.41) is 19.2. The van der Waals surface area contributed by atoms with Crippen LogP contribution >= 0.6 is 0 Å². The zero-order valence-electron chi connectivity index (χ0n) is 21.9. The van der Waals surface area contributed by atoms with E-state index in [1.54, 1.807) is 40.3 Å². The van der Waals surface area contributed by atoms with Gasteiger partial charge >= 0.3 is 0 Å². The molecule has 2 amide bonds. The van der Waals surface area contributed by atoms with Crippen LogP contribution in [0.15, 0.2) is 36.5 Å². The molecule has 2 heterocycles. The van der Waals surface area contributed by atoms with Crippen molar-refractivity contribution in [2.24, 2.45) is 11.8 Å². The van der Waals surface area contributed by atoms with Gasteiger partial charge in [0.15, 0.2) is 0 Å². The van der Waals surface area contributed by atoms with Crippen molar-refractivity contribution in [1.29, 1.82) is 5.26 Å². The highest BCUT2D eigenvalue weighted by molar-refractivity contribution is 5.98. The van der Waals surface area contributed by atoms with Gasteiger partial charge in [-0.1, -0.05) is 38.3 Å². The number of benzene rings is 1. The Morgan fingerprint density at radius 3 is 2.73 bits per heavy atom. The Balaban J connectivity index is 1.66. The standard InChI is InChI=1S/C29H36N4O4/c1-19-16-33(20(2)18-34)29(36)25-13-24(23-11-7-8-21(12-23)14-30)15-31-27(25)37-26(19)17-32(3)28(35)22-9-5-4-6-10-22/h7-8,11-13,15,19-20,22,26,34H,4-6,9-10,16-18H2,1-3H3/t19-,20+,26-/m1/s1. The number of aromatic nitrogens is 1. The zero-order valence-corrected chi connectivity index (χ0v) is 21.9. The minimum absolute atomic E-state index is 0.0623. The summed E-state index contributed by atoms with van der Waals surface area (Å²) in [5.41, 5.74) is 2.29. The van der Waals surface area contributed by atoms with Gasteiger partial charge in [0, 0.05) is 37.2 Å². The molecule has 37 heavy (non-hydrogen) atoms. The van der Waals surface area contributed by atoms with Crippen LogP contribution in [0.3, 0.4) is 0 Å². The predicted octanol–water partition coefficient (Wildman–Crippen LogP) is 3.88. The van der Waals surface area contributed by atoms with Crippen molar-refractivity contribution in [3.05, 3.63) is 47.7 Å². The Labute approximate surface area is 218 Å². The van der Waals surface area contributed by atoms with Crippen molar-refractivity contribution < 1.29 is 19.4 Å². The Morgan fingerprint density at radius 2 is 2.03 bits per heavy atom. The second kappa shape index (κ2) is 11.7. The first-order valence-corrected chi connectivity index (χ1v) is 13.2. The van der Waals surface area contributed by atoms with Gasteiger partial charge in [0.2, 0.25) is 11.8 Å². The van der Waals surface area contributed by atoms with E-state index in [9.17, 15) is 20.0 Å². The van der Waals surface area contributed by atoms with E-state index < -0.39 is 6.04 Å². The molecule has 0 spiro atoms. The molecule has 0 radical (unpaired) electrons. The molecule has 2 aliphatic rings. The first-order valence-electron chi connectivity index (χ1n) is 13.2. The van der Waals surface area contributed by atoms with Crippen LogP contribution in [-0.4, -0.2) is 70.6 Å². The van der Waals surface area contributed by atoms with Crippen molar-refractivity contribution in [2.75, 3.05) is 26.7 Å². The van der Waals surface area contributed by atoms with Gasteiger partial charge in [-0.15, -0.1) is 0 Å². The van der Waals surface area contributed by atoms with Gasteiger partial charge in [-0.05, 0) is 43.5 Å². The molecule has 0 unspecified atom stereocenters. The molecule has 3 atom stereocenters. The first kappa shape index (κ1) is 26.6. The Morgan fingerprint density at radius 1 is 1.27 bits per heavy atom. The summed E-state index contributed by atoms with van der Waals surface area (Å²) in [4.78, 5) is 34.8. The van der Waals surface area contributed by atoms with Crippen LogP contribution in [-0.2, 0) is 4.79 Å². The molecule has 1 saturated carbocycles. The Bertz CT molecular complexity index is 1170. The number of amides is 2. The molecule has 0 saturated heterocycles. The molecule has 1 aliphatic heterocycles. The zero-order chi connectivity index (χ0) is 26.5. The third-order valence-corrected chi connectivity index (χ3v) is 7.63. The van der Waals surface area contributed by atoms with Crippen molar-refractivity contribution >= 4 is 11.8 Å². The second-order valence-electron chi connectivity index (χ2n) is 10.4. The average Bonchev–Trinajstić information content (AvgIpc) is 2.94. The number of pyridine rings is 1. The molecule has 1 fully saturated rings. The summed E-state index contributed by atoms with van der Waals surface area (Å²) in [5.74, 6) is 0.0681. The van der Waals surface area contributed by atoms with Crippen molar-refractivity contribution in [2.45, 2.75) is 58.1 Å². The van der Waals surface area contributed by atoms with Crippen LogP contribution in [0.4, 0.5) is 0 Å². The third kappa shape index (κ3) is 5.94. The third-order valence-electron chi connectivity index (χ3n) is 7.63. The van der Waals surface area contributed by atoms with Gasteiger partial charge in [-0.3, -0.25) is 9.59 Å². The van der Waals surface area contributed by atoms with Crippen LogP contribution in [0.25, 0.3) is 11.1 Å². The number of fused-ring (bicyclic) bond motifs is 1.